The fourth-order valence-electron chi connectivity index (χ4n) is 4.63. The Kier molecular flexibility index (Phi) is 5.44. The molecule has 2 unspecified atom stereocenters. The normalized spacial score (nSPS) is 29.3. The van der Waals surface area contributed by atoms with Crippen molar-refractivity contribution in [2.45, 2.75) is 71.0 Å². The molecular weight excluding hydrogens is 298 g/mol. The van der Waals surface area contributed by atoms with Gasteiger partial charge in [-0.2, -0.15) is 0 Å². The first-order valence-electron chi connectivity index (χ1n) is 9.51. The molecular formula is C20H32N3O+. The minimum atomic E-state index is -0.0593. The van der Waals surface area contributed by atoms with E-state index in [1.54, 1.807) is 4.90 Å². The summed E-state index contributed by atoms with van der Waals surface area (Å²) < 4.78 is 0. The zero-order valence-electron chi connectivity index (χ0n) is 15.3. The van der Waals surface area contributed by atoms with Crippen LogP contribution >= 0.6 is 0 Å². The highest BCUT2D eigenvalue weighted by Crippen LogP contribution is 2.22. The third kappa shape index (κ3) is 4.29. The maximum atomic E-state index is 12.3. The SMILES string of the molecule is Cc1cccc(NC(=O)NC2C[C@H]3CCC[C@@H](C2)[NH+]3CC(C)C)c1. The molecule has 0 aromatic heterocycles. The number of anilines is 1. The summed E-state index contributed by atoms with van der Waals surface area (Å²) in [4.78, 5) is 14.1. The second-order valence-corrected chi connectivity index (χ2v) is 8.13. The Balaban J connectivity index is 1.56. The van der Waals surface area contributed by atoms with Crippen molar-refractivity contribution in [1.29, 1.82) is 0 Å². The Morgan fingerprint density at radius 2 is 1.96 bits per heavy atom. The Hall–Kier alpha value is -1.55. The van der Waals surface area contributed by atoms with E-state index < -0.39 is 0 Å². The number of urea groups is 1. The highest BCUT2D eigenvalue weighted by Gasteiger charge is 2.42. The number of quaternary nitrogens is 1. The van der Waals surface area contributed by atoms with E-state index in [-0.39, 0.29) is 6.03 Å². The average Bonchev–Trinajstić information content (AvgIpc) is 2.47. The fraction of sp³-hybridized carbons (Fsp3) is 0.650. The van der Waals surface area contributed by atoms with Crippen molar-refractivity contribution >= 4 is 11.7 Å². The summed E-state index contributed by atoms with van der Waals surface area (Å²) in [7, 11) is 0. The quantitative estimate of drug-likeness (QED) is 0.781. The maximum absolute atomic E-state index is 12.3. The Morgan fingerprint density at radius 3 is 2.58 bits per heavy atom. The topological polar surface area (TPSA) is 45.6 Å². The Morgan fingerprint density at radius 1 is 1.25 bits per heavy atom. The van der Waals surface area contributed by atoms with Gasteiger partial charge in [0, 0.05) is 30.5 Å². The molecule has 1 aromatic rings. The van der Waals surface area contributed by atoms with Gasteiger partial charge in [0.2, 0.25) is 0 Å². The standard InChI is InChI=1S/C20H31N3O/c1-14(2)13-23-18-8-5-9-19(23)12-17(11-18)22-20(24)21-16-7-4-6-15(3)10-16/h4,6-7,10,14,17-19H,5,8-9,11-13H2,1-3H3,(H2,21,22,24)/p+1/t17?,18-,19+. The van der Waals surface area contributed by atoms with Crippen molar-refractivity contribution in [1.82, 2.24) is 5.32 Å². The molecule has 4 nitrogen and oxygen atoms in total. The molecule has 2 aliphatic heterocycles. The van der Waals surface area contributed by atoms with Crippen LogP contribution in [0.3, 0.4) is 0 Å². The smallest absolute Gasteiger partial charge is 0.319 e. The molecule has 1 aromatic carbocycles. The lowest BCUT2D eigenvalue weighted by atomic mass is 9.81. The number of carbonyl (C=O) groups is 1. The van der Waals surface area contributed by atoms with Crippen LogP contribution < -0.4 is 15.5 Å². The van der Waals surface area contributed by atoms with E-state index in [0.29, 0.717) is 6.04 Å². The molecule has 0 spiro atoms. The van der Waals surface area contributed by atoms with Crippen molar-refractivity contribution in [3.63, 3.8) is 0 Å². The van der Waals surface area contributed by atoms with Gasteiger partial charge in [0.05, 0.1) is 18.6 Å². The van der Waals surface area contributed by atoms with E-state index in [0.717, 1.165) is 42.1 Å². The number of rotatable bonds is 4. The number of benzene rings is 1. The summed E-state index contributed by atoms with van der Waals surface area (Å²) in [5, 5.41) is 6.21. The van der Waals surface area contributed by atoms with Crippen LogP contribution in [0.4, 0.5) is 10.5 Å². The molecule has 132 valence electrons. The summed E-state index contributed by atoms with van der Waals surface area (Å²) in [5.41, 5.74) is 2.03. The predicted octanol–water partition coefficient (Wildman–Crippen LogP) is 2.74. The molecule has 24 heavy (non-hydrogen) atoms. The van der Waals surface area contributed by atoms with E-state index >= 15 is 0 Å². The van der Waals surface area contributed by atoms with Gasteiger partial charge in [0.1, 0.15) is 0 Å². The first-order valence-corrected chi connectivity index (χ1v) is 9.51. The number of hydrogen-bond donors (Lipinski definition) is 3. The van der Waals surface area contributed by atoms with Crippen molar-refractivity contribution in [3.05, 3.63) is 29.8 Å². The average molecular weight is 330 g/mol. The lowest BCUT2D eigenvalue weighted by Crippen LogP contribution is -3.21. The van der Waals surface area contributed by atoms with Crippen LogP contribution in [0.5, 0.6) is 0 Å². The number of carbonyl (C=O) groups excluding carboxylic acids is 1. The van der Waals surface area contributed by atoms with Gasteiger partial charge in [-0.05, 0) is 43.9 Å². The third-order valence-electron chi connectivity index (χ3n) is 5.55. The van der Waals surface area contributed by atoms with E-state index in [1.807, 2.05) is 31.2 Å². The van der Waals surface area contributed by atoms with Crippen molar-refractivity contribution < 1.29 is 9.69 Å². The summed E-state index contributed by atoms with van der Waals surface area (Å²) in [6.45, 7) is 7.96. The number of piperidine rings is 2. The van der Waals surface area contributed by atoms with Gasteiger partial charge in [0.25, 0.3) is 0 Å². The molecule has 0 saturated carbocycles. The molecule has 2 saturated heterocycles. The van der Waals surface area contributed by atoms with Gasteiger partial charge in [-0.25, -0.2) is 4.79 Å². The van der Waals surface area contributed by atoms with Crippen LogP contribution in [0, 0.1) is 12.8 Å². The minimum absolute atomic E-state index is 0.0593. The van der Waals surface area contributed by atoms with E-state index in [1.165, 1.54) is 25.8 Å². The van der Waals surface area contributed by atoms with Crippen molar-refractivity contribution in [2.75, 3.05) is 11.9 Å². The highest BCUT2D eigenvalue weighted by molar-refractivity contribution is 5.89. The molecule has 0 radical (unpaired) electrons. The lowest BCUT2D eigenvalue weighted by molar-refractivity contribution is -0.963. The van der Waals surface area contributed by atoms with Crippen LogP contribution in [0.1, 0.15) is 51.5 Å². The molecule has 0 aliphatic carbocycles. The number of hydrogen-bond acceptors (Lipinski definition) is 1. The second-order valence-electron chi connectivity index (χ2n) is 8.13. The third-order valence-corrected chi connectivity index (χ3v) is 5.55. The van der Waals surface area contributed by atoms with Gasteiger partial charge in [-0.15, -0.1) is 0 Å². The minimum Gasteiger partial charge on any atom is -0.335 e. The maximum Gasteiger partial charge on any atom is 0.319 e. The fourth-order valence-corrected chi connectivity index (χ4v) is 4.63. The number of aryl methyl sites for hydroxylation is 1. The van der Waals surface area contributed by atoms with Gasteiger partial charge < -0.3 is 15.5 Å². The van der Waals surface area contributed by atoms with Crippen LogP contribution in [-0.4, -0.2) is 30.7 Å². The van der Waals surface area contributed by atoms with Crippen LogP contribution in [0.15, 0.2) is 24.3 Å². The predicted molar refractivity (Wildman–Crippen MR) is 98.5 cm³/mol. The number of amides is 2. The molecule has 2 fully saturated rings. The Bertz CT molecular complexity index is 558. The van der Waals surface area contributed by atoms with Gasteiger partial charge in [-0.1, -0.05) is 26.0 Å². The monoisotopic (exact) mass is 330 g/mol. The molecule has 4 atom stereocenters. The molecule has 4 heteroatoms. The summed E-state index contributed by atoms with van der Waals surface area (Å²) >= 11 is 0. The van der Waals surface area contributed by atoms with Crippen LogP contribution in [0.2, 0.25) is 0 Å². The zero-order valence-corrected chi connectivity index (χ0v) is 15.3. The molecule has 2 bridgehead atoms. The highest BCUT2D eigenvalue weighted by atomic mass is 16.2. The summed E-state index contributed by atoms with van der Waals surface area (Å²) in [5.74, 6) is 0.747. The van der Waals surface area contributed by atoms with Gasteiger partial charge >= 0.3 is 6.03 Å². The number of nitrogens with one attached hydrogen (secondary N) is 3. The Labute approximate surface area is 146 Å². The first-order chi connectivity index (χ1) is 11.5. The molecule has 2 amide bonds. The van der Waals surface area contributed by atoms with Crippen molar-refractivity contribution in [3.8, 4) is 0 Å². The largest absolute Gasteiger partial charge is 0.335 e. The van der Waals surface area contributed by atoms with Crippen LogP contribution in [-0.2, 0) is 0 Å². The zero-order chi connectivity index (χ0) is 17.1. The molecule has 3 N–H and O–H groups in total. The van der Waals surface area contributed by atoms with Crippen molar-refractivity contribution in [2.24, 2.45) is 5.92 Å². The second kappa shape index (κ2) is 7.56. The van der Waals surface area contributed by atoms with E-state index in [4.69, 9.17) is 0 Å². The van der Waals surface area contributed by atoms with Crippen LogP contribution in [0.25, 0.3) is 0 Å². The van der Waals surface area contributed by atoms with Gasteiger partial charge in [-0.3, -0.25) is 0 Å². The van der Waals surface area contributed by atoms with Gasteiger partial charge in [0.15, 0.2) is 0 Å². The molecule has 3 rings (SSSR count). The summed E-state index contributed by atoms with van der Waals surface area (Å²) in [6, 6.07) is 9.67. The number of fused-ring (bicyclic) bond motifs is 2. The first kappa shape index (κ1) is 17.3. The molecule has 2 aliphatic rings. The van der Waals surface area contributed by atoms with E-state index in [9.17, 15) is 4.79 Å². The lowest BCUT2D eigenvalue weighted by Gasteiger charge is -2.46. The van der Waals surface area contributed by atoms with E-state index in [2.05, 4.69) is 24.5 Å². The summed E-state index contributed by atoms with van der Waals surface area (Å²) in [6.07, 6.45) is 6.24. The molecule has 2 heterocycles.